The van der Waals surface area contributed by atoms with Crippen molar-refractivity contribution in [2.24, 2.45) is 5.73 Å². The summed E-state index contributed by atoms with van der Waals surface area (Å²) in [7, 11) is 1.58. The monoisotopic (exact) mass is 209 g/mol. The van der Waals surface area contributed by atoms with Gasteiger partial charge in [-0.05, 0) is 31.4 Å². The lowest BCUT2D eigenvalue weighted by atomic mass is 9.92. The normalized spacial score (nSPS) is 17.6. The molecule has 2 N–H and O–H groups in total. The Balaban J connectivity index is 2.58. The lowest BCUT2D eigenvalue weighted by molar-refractivity contribution is 0.394. The highest BCUT2D eigenvalue weighted by atomic mass is 19.1. The zero-order valence-corrected chi connectivity index (χ0v) is 9.14. The molecule has 0 unspecified atom stereocenters. The van der Waals surface area contributed by atoms with Crippen molar-refractivity contribution in [1.82, 2.24) is 0 Å². The summed E-state index contributed by atoms with van der Waals surface area (Å²) < 4.78 is 19.1. The van der Waals surface area contributed by atoms with Crippen molar-refractivity contribution >= 4 is 0 Å². The lowest BCUT2D eigenvalue weighted by Gasteiger charge is -2.19. The first kappa shape index (κ1) is 10.4. The molecule has 1 saturated carbocycles. The van der Waals surface area contributed by atoms with E-state index >= 15 is 0 Å². The fraction of sp³-hybridized carbons (Fsp3) is 0.500. The zero-order valence-electron chi connectivity index (χ0n) is 9.14. The van der Waals surface area contributed by atoms with E-state index in [1.54, 1.807) is 13.2 Å². The Morgan fingerprint density at radius 3 is 2.60 bits per heavy atom. The molecule has 0 spiro atoms. The Bertz CT molecular complexity index is 385. The highest BCUT2D eigenvalue weighted by Gasteiger charge is 2.47. The first-order chi connectivity index (χ1) is 7.14. The molecule has 1 aliphatic rings. The van der Waals surface area contributed by atoms with Crippen molar-refractivity contribution in [3.8, 4) is 5.75 Å². The highest BCUT2D eigenvalue weighted by molar-refractivity contribution is 5.49. The maximum Gasteiger partial charge on any atom is 0.130 e. The van der Waals surface area contributed by atoms with Crippen molar-refractivity contribution in [2.75, 3.05) is 13.7 Å². The van der Waals surface area contributed by atoms with Crippen LogP contribution in [0.25, 0.3) is 0 Å². The minimum Gasteiger partial charge on any atom is -0.496 e. The molecule has 1 fully saturated rings. The van der Waals surface area contributed by atoms with Crippen LogP contribution in [0.2, 0.25) is 0 Å². The van der Waals surface area contributed by atoms with Gasteiger partial charge < -0.3 is 10.5 Å². The summed E-state index contributed by atoms with van der Waals surface area (Å²) in [6.45, 7) is 2.41. The van der Waals surface area contributed by atoms with Gasteiger partial charge in [0, 0.05) is 17.5 Å². The van der Waals surface area contributed by atoms with Crippen LogP contribution < -0.4 is 10.5 Å². The Morgan fingerprint density at radius 1 is 1.47 bits per heavy atom. The van der Waals surface area contributed by atoms with Crippen LogP contribution in [0.5, 0.6) is 5.75 Å². The van der Waals surface area contributed by atoms with E-state index in [0.717, 1.165) is 18.4 Å². The maximum atomic E-state index is 13.8. The third kappa shape index (κ3) is 1.51. The molecule has 1 aromatic carbocycles. The smallest absolute Gasteiger partial charge is 0.130 e. The van der Waals surface area contributed by atoms with Crippen molar-refractivity contribution < 1.29 is 9.13 Å². The molecule has 82 valence electrons. The third-order valence-electron chi connectivity index (χ3n) is 3.28. The number of hydrogen-bond acceptors (Lipinski definition) is 2. The first-order valence-electron chi connectivity index (χ1n) is 5.18. The number of benzene rings is 1. The van der Waals surface area contributed by atoms with Crippen LogP contribution >= 0.6 is 0 Å². The molecular formula is C12H16FNO. The number of hydrogen-bond donors (Lipinski definition) is 1. The second-order valence-corrected chi connectivity index (χ2v) is 4.26. The van der Waals surface area contributed by atoms with Gasteiger partial charge in [0.25, 0.3) is 0 Å². The van der Waals surface area contributed by atoms with Gasteiger partial charge >= 0.3 is 0 Å². The van der Waals surface area contributed by atoms with E-state index in [0.29, 0.717) is 17.9 Å². The Hall–Kier alpha value is -1.09. The molecule has 1 aromatic rings. The fourth-order valence-electron chi connectivity index (χ4n) is 2.13. The topological polar surface area (TPSA) is 35.2 Å². The molecular weight excluding hydrogens is 193 g/mol. The average molecular weight is 209 g/mol. The van der Waals surface area contributed by atoms with E-state index in [9.17, 15) is 4.39 Å². The van der Waals surface area contributed by atoms with Crippen LogP contribution in [0.4, 0.5) is 4.39 Å². The van der Waals surface area contributed by atoms with Crippen LogP contribution in [0, 0.1) is 12.7 Å². The first-order valence-corrected chi connectivity index (χ1v) is 5.18. The summed E-state index contributed by atoms with van der Waals surface area (Å²) in [5.41, 5.74) is 7.20. The summed E-state index contributed by atoms with van der Waals surface area (Å²) in [6.07, 6.45) is 1.92. The maximum absolute atomic E-state index is 13.8. The van der Waals surface area contributed by atoms with E-state index in [2.05, 4.69) is 0 Å². The van der Waals surface area contributed by atoms with Crippen molar-refractivity contribution in [3.63, 3.8) is 0 Å². The summed E-state index contributed by atoms with van der Waals surface area (Å²) in [5, 5.41) is 0. The van der Waals surface area contributed by atoms with E-state index in [-0.39, 0.29) is 11.2 Å². The van der Waals surface area contributed by atoms with E-state index in [4.69, 9.17) is 10.5 Å². The van der Waals surface area contributed by atoms with Crippen LogP contribution in [0.1, 0.15) is 24.0 Å². The average Bonchev–Trinajstić information content (AvgIpc) is 3.01. The predicted octanol–water partition coefficient (Wildman–Crippen LogP) is 2.13. The molecule has 15 heavy (non-hydrogen) atoms. The molecule has 0 bridgehead atoms. The molecule has 3 heteroatoms. The summed E-state index contributed by atoms with van der Waals surface area (Å²) in [4.78, 5) is 0. The fourth-order valence-corrected chi connectivity index (χ4v) is 2.13. The second kappa shape index (κ2) is 3.49. The number of methoxy groups -OCH3 is 1. The summed E-state index contributed by atoms with van der Waals surface area (Å²) in [6, 6.07) is 3.24. The Kier molecular flexibility index (Phi) is 2.43. The predicted molar refractivity (Wildman–Crippen MR) is 57.7 cm³/mol. The quantitative estimate of drug-likeness (QED) is 0.827. The zero-order chi connectivity index (χ0) is 11.1. The van der Waals surface area contributed by atoms with Crippen molar-refractivity contribution in [1.29, 1.82) is 0 Å². The Labute approximate surface area is 89.2 Å². The molecule has 0 aliphatic heterocycles. The van der Waals surface area contributed by atoms with Crippen molar-refractivity contribution in [2.45, 2.75) is 25.2 Å². The van der Waals surface area contributed by atoms with Crippen LogP contribution in [0.3, 0.4) is 0 Å². The molecule has 2 nitrogen and oxygen atoms in total. The molecule has 0 atom stereocenters. The van der Waals surface area contributed by atoms with E-state index < -0.39 is 0 Å². The van der Waals surface area contributed by atoms with Crippen molar-refractivity contribution in [3.05, 3.63) is 29.1 Å². The van der Waals surface area contributed by atoms with Gasteiger partial charge in [0.2, 0.25) is 0 Å². The minimum absolute atomic E-state index is 0.165. The molecule has 0 saturated heterocycles. The summed E-state index contributed by atoms with van der Waals surface area (Å²) >= 11 is 0. The third-order valence-corrected chi connectivity index (χ3v) is 3.28. The Morgan fingerprint density at radius 2 is 2.13 bits per heavy atom. The number of rotatable bonds is 3. The van der Waals surface area contributed by atoms with E-state index in [1.165, 1.54) is 6.07 Å². The number of nitrogens with two attached hydrogens (primary N) is 1. The number of halogens is 1. The van der Waals surface area contributed by atoms with Gasteiger partial charge in [0.15, 0.2) is 0 Å². The van der Waals surface area contributed by atoms with Gasteiger partial charge in [0.05, 0.1) is 7.11 Å². The second-order valence-electron chi connectivity index (χ2n) is 4.26. The van der Waals surface area contributed by atoms with Gasteiger partial charge in [0.1, 0.15) is 11.6 Å². The molecule has 0 aromatic heterocycles. The molecule has 0 radical (unpaired) electrons. The molecule has 0 amide bonds. The van der Waals surface area contributed by atoms with Gasteiger partial charge in [-0.2, -0.15) is 0 Å². The summed E-state index contributed by atoms with van der Waals surface area (Å²) in [5.74, 6) is 0.471. The van der Waals surface area contributed by atoms with E-state index in [1.807, 2.05) is 6.92 Å². The minimum atomic E-state index is -0.194. The number of aryl methyl sites for hydroxylation is 1. The van der Waals surface area contributed by atoms with Gasteiger partial charge in [-0.1, -0.05) is 6.07 Å². The van der Waals surface area contributed by atoms with Gasteiger partial charge in [-0.3, -0.25) is 0 Å². The van der Waals surface area contributed by atoms with Crippen LogP contribution in [-0.2, 0) is 5.41 Å². The standard InChI is InChI=1S/C12H16FNO/c1-8-3-4-9(13)10(11(8)15-2)12(7-14)5-6-12/h3-4H,5-7,14H2,1-2H3. The highest BCUT2D eigenvalue weighted by Crippen LogP contribution is 2.52. The van der Waals surface area contributed by atoms with Crippen LogP contribution in [0.15, 0.2) is 12.1 Å². The van der Waals surface area contributed by atoms with Crippen LogP contribution in [-0.4, -0.2) is 13.7 Å². The van der Waals surface area contributed by atoms with Gasteiger partial charge in [-0.15, -0.1) is 0 Å². The SMILES string of the molecule is COc1c(C)ccc(F)c1C1(CN)CC1. The molecule has 0 heterocycles. The molecule has 2 rings (SSSR count). The molecule has 1 aliphatic carbocycles. The van der Waals surface area contributed by atoms with Gasteiger partial charge in [-0.25, -0.2) is 4.39 Å². The number of ether oxygens (including phenoxy) is 1. The lowest BCUT2D eigenvalue weighted by Crippen LogP contribution is -2.22. The largest absolute Gasteiger partial charge is 0.496 e.